The molecule has 4 rings (SSSR count). The summed E-state index contributed by atoms with van der Waals surface area (Å²) in [4.78, 5) is 19.3. The number of anilines is 2. The van der Waals surface area contributed by atoms with Crippen molar-refractivity contribution in [1.29, 1.82) is 0 Å². The highest BCUT2D eigenvalue weighted by molar-refractivity contribution is 7.22. The number of hydrogen-bond acceptors (Lipinski definition) is 5. The zero-order chi connectivity index (χ0) is 18.3. The highest BCUT2D eigenvalue weighted by Gasteiger charge is 2.34. The molecule has 1 saturated heterocycles. The first-order chi connectivity index (χ1) is 12.5. The lowest BCUT2D eigenvalue weighted by Gasteiger charge is -2.38. The van der Waals surface area contributed by atoms with E-state index in [-0.39, 0.29) is 11.8 Å². The predicted octanol–water partition coefficient (Wildman–Crippen LogP) is 4.00. The van der Waals surface area contributed by atoms with Crippen LogP contribution in [0, 0.1) is 19.8 Å². The van der Waals surface area contributed by atoms with E-state index in [9.17, 15) is 4.79 Å². The summed E-state index contributed by atoms with van der Waals surface area (Å²) in [6.07, 6.45) is 0. The van der Waals surface area contributed by atoms with Crippen LogP contribution in [0.1, 0.15) is 11.1 Å². The van der Waals surface area contributed by atoms with Gasteiger partial charge in [-0.2, -0.15) is 0 Å². The standard InChI is InChI=1S/C20H21N3O2S/c1-12-4-6-16(13(2)8-12)21-19(24)14-10-23(11-14)20-22-17-9-15(25-3)5-7-18(17)26-20/h4-9,14H,10-11H2,1-3H3,(H,21,24). The maximum Gasteiger partial charge on any atom is 0.231 e. The molecule has 0 aliphatic carbocycles. The van der Waals surface area contributed by atoms with E-state index < -0.39 is 0 Å². The summed E-state index contributed by atoms with van der Waals surface area (Å²) in [5.74, 6) is 0.886. The number of fused-ring (bicyclic) bond motifs is 1. The molecule has 0 atom stereocenters. The smallest absolute Gasteiger partial charge is 0.231 e. The fraction of sp³-hybridized carbons (Fsp3) is 0.300. The average Bonchev–Trinajstić information content (AvgIpc) is 2.98. The van der Waals surface area contributed by atoms with Crippen LogP contribution < -0.4 is 15.0 Å². The summed E-state index contributed by atoms with van der Waals surface area (Å²) >= 11 is 1.65. The van der Waals surface area contributed by atoms with Crippen molar-refractivity contribution >= 4 is 38.3 Å². The topological polar surface area (TPSA) is 54.5 Å². The van der Waals surface area contributed by atoms with Crippen LogP contribution in [0.15, 0.2) is 36.4 Å². The molecule has 0 radical (unpaired) electrons. The molecule has 2 heterocycles. The van der Waals surface area contributed by atoms with Crippen LogP contribution in [0.2, 0.25) is 0 Å². The fourth-order valence-corrected chi connectivity index (χ4v) is 4.11. The van der Waals surface area contributed by atoms with Gasteiger partial charge in [-0.25, -0.2) is 4.98 Å². The molecule has 5 nitrogen and oxygen atoms in total. The zero-order valence-electron chi connectivity index (χ0n) is 15.1. The summed E-state index contributed by atoms with van der Waals surface area (Å²) in [5.41, 5.74) is 4.12. The van der Waals surface area contributed by atoms with Crippen LogP contribution in [-0.2, 0) is 4.79 Å². The Morgan fingerprint density at radius 2 is 2.04 bits per heavy atom. The van der Waals surface area contributed by atoms with Crippen molar-refractivity contribution in [3.05, 3.63) is 47.5 Å². The quantitative estimate of drug-likeness (QED) is 0.757. The lowest BCUT2D eigenvalue weighted by Crippen LogP contribution is -2.52. The van der Waals surface area contributed by atoms with E-state index in [4.69, 9.17) is 4.74 Å². The van der Waals surface area contributed by atoms with Gasteiger partial charge < -0.3 is 15.0 Å². The molecule has 1 fully saturated rings. The lowest BCUT2D eigenvalue weighted by atomic mass is 9.99. The third-order valence-corrected chi connectivity index (χ3v) is 5.84. The second-order valence-corrected chi connectivity index (χ2v) is 7.75. The molecule has 6 heteroatoms. The summed E-state index contributed by atoms with van der Waals surface area (Å²) in [6.45, 7) is 5.47. The molecule has 1 amide bonds. The van der Waals surface area contributed by atoms with Crippen molar-refractivity contribution in [2.24, 2.45) is 5.92 Å². The van der Waals surface area contributed by atoms with Crippen LogP contribution in [0.25, 0.3) is 10.2 Å². The number of hydrogen-bond donors (Lipinski definition) is 1. The summed E-state index contributed by atoms with van der Waals surface area (Å²) in [7, 11) is 1.66. The Bertz CT molecular complexity index is 976. The molecule has 0 spiro atoms. The van der Waals surface area contributed by atoms with Crippen LogP contribution >= 0.6 is 11.3 Å². The summed E-state index contributed by atoms with van der Waals surface area (Å²) in [5, 5.41) is 4.02. The molecule has 0 saturated carbocycles. The van der Waals surface area contributed by atoms with Gasteiger partial charge in [0, 0.05) is 24.8 Å². The predicted molar refractivity (Wildman–Crippen MR) is 106 cm³/mol. The molecule has 134 valence electrons. The Labute approximate surface area is 156 Å². The number of nitrogens with one attached hydrogen (secondary N) is 1. The van der Waals surface area contributed by atoms with Gasteiger partial charge in [0.2, 0.25) is 5.91 Å². The Morgan fingerprint density at radius 1 is 1.23 bits per heavy atom. The third kappa shape index (κ3) is 3.12. The minimum atomic E-state index is -0.00254. The highest BCUT2D eigenvalue weighted by atomic mass is 32.1. The monoisotopic (exact) mass is 367 g/mol. The maximum absolute atomic E-state index is 12.5. The average molecular weight is 367 g/mol. The van der Waals surface area contributed by atoms with Crippen molar-refractivity contribution in [3.63, 3.8) is 0 Å². The van der Waals surface area contributed by atoms with Gasteiger partial charge >= 0.3 is 0 Å². The van der Waals surface area contributed by atoms with E-state index in [0.717, 1.165) is 32.3 Å². The van der Waals surface area contributed by atoms with Gasteiger partial charge in [0.15, 0.2) is 5.13 Å². The number of aromatic nitrogens is 1. The van der Waals surface area contributed by atoms with Crippen molar-refractivity contribution in [2.75, 3.05) is 30.4 Å². The number of carbonyl (C=O) groups is 1. The van der Waals surface area contributed by atoms with Crippen molar-refractivity contribution < 1.29 is 9.53 Å². The molecule has 1 N–H and O–H groups in total. The largest absolute Gasteiger partial charge is 0.497 e. The molecular weight excluding hydrogens is 346 g/mol. The number of amides is 1. The minimum absolute atomic E-state index is 0.00254. The number of methoxy groups -OCH3 is 1. The molecule has 1 aromatic heterocycles. The van der Waals surface area contributed by atoms with Crippen molar-refractivity contribution in [2.45, 2.75) is 13.8 Å². The Morgan fingerprint density at radius 3 is 2.77 bits per heavy atom. The normalized spacial score (nSPS) is 14.3. The van der Waals surface area contributed by atoms with E-state index in [2.05, 4.69) is 28.2 Å². The number of rotatable bonds is 4. The van der Waals surface area contributed by atoms with Gasteiger partial charge in [0.05, 0.1) is 23.2 Å². The number of ether oxygens (including phenoxy) is 1. The number of carbonyl (C=O) groups excluding carboxylic acids is 1. The van der Waals surface area contributed by atoms with E-state index in [1.165, 1.54) is 5.56 Å². The molecular formula is C20H21N3O2S. The summed E-state index contributed by atoms with van der Waals surface area (Å²) in [6, 6.07) is 12.0. The van der Waals surface area contributed by atoms with Crippen molar-refractivity contribution in [3.8, 4) is 5.75 Å². The minimum Gasteiger partial charge on any atom is -0.497 e. The number of thiazole rings is 1. The van der Waals surface area contributed by atoms with Crippen LogP contribution in [-0.4, -0.2) is 31.1 Å². The first-order valence-electron chi connectivity index (χ1n) is 8.61. The van der Waals surface area contributed by atoms with E-state index in [1.807, 2.05) is 37.3 Å². The molecule has 1 aliphatic rings. The Kier molecular flexibility index (Phi) is 4.28. The van der Waals surface area contributed by atoms with Gasteiger partial charge in [0.25, 0.3) is 0 Å². The second kappa shape index (κ2) is 6.61. The van der Waals surface area contributed by atoms with E-state index in [1.54, 1.807) is 18.4 Å². The Hall–Kier alpha value is -2.60. The van der Waals surface area contributed by atoms with Crippen LogP contribution in [0.3, 0.4) is 0 Å². The van der Waals surface area contributed by atoms with Gasteiger partial charge in [-0.05, 0) is 37.6 Å². The maximum atomic E-state index is 12.5. The Balaban J connectivity index is 1.41. The molecule has 1 aliphatic heterocycles. The molecule has 0 bridgehead atoms. The van der Waals surface area contributed by atoms with Crippen LogP contribution in [0.4, 0.5) is 10.8 Å². The first kappa shape index (κ1) is 16.8. The van der Waals surface area contributed by atoms with Gasteiger partial charge in [0.1, 0.15) is 5.75 Å². The van der Waals surface area contributed by atoms with Gasteiger partial charge in [-0.3, -0.25) is 4.79 Å². The molecule has 26 heavy (non-hydrogen) atoms. The second-order valence-electron chi connectivity index (χ2n) is 6.74. The first-order valence-corrected chi connectivity index (χ1v) is 9.43. The van der Waals surface area contributed by atoms with E-state index in [0.29, 0.717) is 13.1 Å². The van der Waals surface area contributed by atoms with Gasteiger partial charge in [-0.1, -0.05) is 29.0 Å². The summed E-state index contributed by atoms with van der Waals surface area (Å²) < 4.78 is 6.38. The zero-order valence-corrected chi connectivity index (χ0v) is 15.9. The fourth-order valence-electron chi connectivity index (χ4n) is 3.15. The van der Waals surface area contributed by atoms with Crippen LogP contribution in [0.5, 0.6) is 5.75 Å². The van der Waals surface area contributed by atoms with Crippen molar-refractivity contribution in [1.82, 2.24) is 4.98 Å². The SMILES string of the molecule is COc1ccc2sc(N3CC(C(=O)Nc4ccc(C)cc4C)C3)nc2c1. The molecule has 2 aromatic carbocycles. The third-order valence-electron chi connectivity index (χ3n) is 4.75. The van der Waals surface area contributed by atoms with Gasteiger partial charge in [-0.15, -0.1) is 0 Å². The number of aryl methyl sites for hydroxylation is 2. The highest BCUT2D eigenvalue weighted by Crippen LogP contribution is 2.34. The molecule has 3 aromatic rings. The number of nitrogens with zero attached hydrogens (tertiary/aromatic N) is 2. The number of benzene rings is 2. The molecule has 0 unspecified atom stereocenters. The lowest BCUT2D eigenvalue weighted by molar-refractivity contribution is -0.120. The van der Waals surface area contributed by atoms with E-state index >= 15 is 0 Å².